The van der Waals surface area contributed by atoms with E-state index in [0.29, 0.717) is 30.1 Å². The van der Waals surface area contributed by atoms with Gasteiger partial charge in [0.15, 0.2) is 5.78 Å². The second kappa shape index (κ2) is 7.53. The van der Waals surface area contributed by atoms with Gasteiger partial charge in [0.2, 0.25) is 0 Å². The van der Waals surface area contributed by atoms with Gasteiger partial charge in [0.1, 0.15) is 0 Å². The summed E-state index contributed by atoms with van der Waals surface area (Å²) in [5, 5.41) is 9.13. The number of carbonyl (C=O) groups excluding carboxylic acids is 1. The van der Waals surface area contributed by atoms with Crippen molar-refractivity contribution in [2.75, 3.05) is 0 Å². The maximum Gasteiger partial charge on any atom is 1.00 e. The molecule has 2 fully saturated rings. The Kier molecular flexibility index (Phi) is 5.98. The van der Waals surface area contributed by atoms with Crippen LogP contribution in [0.3, 0.4) is 0 Å². The summed E-state index contributed by atoms with van der Waals surface area (Å²) in [4.78, 5) is 22.9. The van der Waals surface area contributed by atoms with Gasteiger partial charge in [0.25, 0.3) is 0 Å². The molecule has 27 heavy (non-hydrogen) atoms. The summed E-state index contributed by atoms with van der Waals surface area (Å²) in [6, 6.07) is 0. The van der Waals surface area contributed by atoms with Gasteiger partial charge in [-0.25, -0.2) is 0 Å². The smallest absolute Gasteiger partial charge is 1.00 e. The van der Waals surface area contributed by atoms with E-state index in [9.17, 15) is 9.59 Å². The van der Waals surface area contributed by atoms with Gasteiger partial charge in [-0.1, -0.05) is 44.2 Å². The molecule has 0 aromatic carbocycles. The quantitative estimate of drug-likeness (QED) is 0.589. The molecule has 0 aromatic rings. The molecular formula is C23H29KO3. The summed E-state index contributed by atoms with van der Waals surface area (Å²) in [5.41, 5.74) is 2.47. The molecule has 0 heterocycles. The molecule has 3 nitrogen and oxygen atoms in total. The van der Waals surface area contributed by atoms with Gasteiger partial charge in [0.05, 0.1) is 0 Å². The Morgan fingerprint density at radius 3 is 2.78 bits per heavy atom. The minimum absolute atomic E-state index is 0. The SMILES string of the molecule is C=C1C[C@H]2[C@@H]3C=CC4=CC(=O)C=C[C@]4(C)[C@H]3CC[C@]2(C)[C@H]1CCC(=O)O.[H-].[K+]. The van der Waals surface area contributed by atoms with Gasteiger partial charge in [-0.15, -0.1) is 0 Å². The van der Waals surface area contributed by atoms with Gasteiger partial charge in [-0.05, 0) is 72.5 Å². The van der Waals surface area contributed by atoms with Gasteiger partial charge >= 0.3 is 57.4 Å². The third kappa shape index (κ3) is 3.36. The van der Waals surface area contributed by atoms with Crippen LogP contribution in [0.1, 0.15) is 47.4 Å². The number of fused-ring (bicyclic) bond motifs is 5. The van der Waals surface area contributed by atoms with Gasteiger partial charge in [-0.3, -0.25) is 9.59 Å². The summed E-state index contributed by atoms with van der Waals surface area (Å²) in [5.74, 6) is 1.19. The van der Waals surface area contributed by atoms with E-state index < -0.39 is 5.97 Å². The van der Waals surface area contributed by atoms with E-state index in [0.717, 1.165) is 24.8 Å². The first kappa shape index (κ1) is 21.4. The molecule has 0 saturated heterocycles. The molecule has 0 unspecified atom stereocenters. The third-order valence-electron chi connectivity index (χ3n) is 7.97. The molecule has 6 atom stereocenters. The van der Waals surface area contributed by atoms with E-state index in [-0.39, 0.29) is 75.8 Å². The molecule has 4 aliphatic carbocycles. The Morgan fingerprint density at radius 2 is 2.07 bits per heavy atom. The summed E-state index contributed by atoms with van der Waals surface area (Å²) in [6.07, 6.45) is 14.3. The molecule has 4 rings (SSSR count). The van der Waals surface area contributed by atoms with Gasteiger partial charge in [0, 0.05) is 11.8 Å². The van der Waals surface area contributed by atoms with Gasteiger partial charge in [-0.2, -0.15) is 0 Å². The Labute approximate surface area is 206 Å². The number of rotatable bonds is 3. The fourth-order valence-corrected chi connectivity index (χ4v) is 6.52. The van der Waals surface area contributed by atoms with Crippen molar-refractivity contribution in [1.82, 2.24) is 0 Å². The zero-order valence-electron chi connectivity index (χ0n) is 17.7. The molecule has 0 aromatic heterocycles. The molecular weight excluding hydrogens is 363 g/mol. The minimum Gasteiger partial charge on any atom is -1.00 e. The van der Waals surface area contributed by atoms with Crippen molar-refractivity contribution in [2.45, 2.75) is 46.0 Å². The van der Waals surface area contributed by atoms with Crippen LogP contribution >= 0.6 is 0 Å². The Hall–Kier alpha value is -0.264. The van der Waals surface area contributed by atoms with Crippen molar-refractivity contribution in [3.63, 3.8) is 0 Å². The topological polar surface area (TPSA) is 54.4 Å². The normalized spacial score (nSPS) is 41.9. The Balaban J connectivity index is 0.00000140. The molecule has 0 spiro atoms. The number of hydrogen-bond acceptors (Lipinski definition) is 2. The van der Waals surface area contributed by atoms with E-state index in [1.165, 1.54) is 5.57 Å². The first-order valence-electron chi connectivity index (χ1n) is 9.79. The molecule has 2 saturated carbocycles. The predicted molar refractivity (Wildman–Crippen MR) is 103 cm³/mol. The molecule has 0 amide bonds. The number of ketones is 1. The average molecular weight is 393 g/mol. The molecule has 0 aliphatic heterocycles. The average Bonchev–Trinajstić information content (AvgIpc) is 2.83. The summed E-state index contributed by atoms with van der Waals surface area (Å²) < 4.78 is 0. The fraction of sp³-hybridized carbons (Fsp3) is 0.565. The number of carbonyl (C=O) groups is 2. The molecule has 4 aliphatic rings. The molecule has 1 N–H and O–H groups in total. The molecule has 4 heteroatoms. The van der Waals surface area contributed by atoms with Crippen LogP contribution < -0.4 is 51.4 Å². The van der Waals surface area contributed by atoms with E-state index in [1.807, 2.05) is 0 Å². The fourth-order valence-electron chi connectivity index (χ4n) is 6.52. The van der Waals surface area contributed by atoms with Crippen molar-refractivity contribution in [1.29, 1.82) is 0 Å². The monoisotopic (exact) mass is 392 g/mol. The summed E-state index contributed by atoms with van der Waals surface area (Å²) >= 11 is 0. The van der Waals surface area contributed by atoms with E-state index in [4.69, 9.17) is 5.11 Å². The number of carboxylic acid groups (broad SMARTS) is 1. The van der Waals surface area contributed by atoms with Crippen LogP contribution in [0.25, 0.3) is 0 Å². The zero-order valence-corrected chi connectivity index (χ0v) is 19.8. The van der Waals surface area contributed by atoms with Crippen LogP contribution in [-0.4, -0.2) is 16.9 Å². The molecule has 0 radical (unpaired) electrons. The molecule has 140 valence electrons. The van der Waals surface area contributed by atoms with Gasteiger partial charge < -0.3 is 6.53 Å². The zero-order chi connectivity index (χ0) is 18.7. The summed E-state index contributed by atoms with van der Waals surface area (Å²) in [7, 11) is 0. The van der Waals surface area contributed by atoms with Crippen LogP contribution in [0.15, 0.2) is 48.1 Å². The second-order valence-electron chi connectivity index (χ2n) is 9.16. The summed E-state index contributed by atoms with van der Waals surface area (Å²) in [6.45, 7) is 8.98. The Bertz CT molecular complexity index is 783. The van der Waals surface area contributed by atoms with Crippen LogP contribution in [0.5, 0.6) is 0 Å². The van der Waals surface area contributed by atoms with Crippen LogP contribution in [0.2, 0.25) is 0 Å². The van der Waals surface area contributed by atoms with Crippen molar-refractivity contribution in [2.24, 2.45) is 34.5 Å². The van der Waals surface area contributed by atoms with Crippen molar-refractivity contribution >= 4 is 11.8 Å². The maximum absolute atomic E-state index is 11.8. The molecule has 0 bridgehead atoms. The van der Waals surface area contributed by atoms with E-state index in [1.54, 1.807) is 12.2 Å². The number of allylic oxidation sites excluding steroid dienone is 7. The minimum atomic E-state index is -0.713. The van der Waals surface area contributed by atoms with Crippen LogP contribution in [-0.2, 0) is 9.59 Å². The number of aliphatic carboxylic acids is 1. The van der Waals surface area contributed by atoms with Crippen molar-refractivity contribution in [3.8, 4) is 0 Å². The van der Waals surface area contributed by atoms with E-state index in [2.05, 4.69) is 38.7 Å². The van der Waals surface area contributed by atoms with Crippen molar-refractivity contribution in [3.05, 3.63) is 48.1 Å². The largest absolute Gasteiger partial charge is 1.00 e. The number of carboxylic acids is 1. The van der Waals surface area contributed by atoms with E-state index >= 15 is 0 Å². The maximum atomic E-state index is 11.8. The second-order valence-corrected chi connectivity index (χ2v) is 9.16. The van der Waals surface area contributed by atoms with Crippen molar-refractivity contribution < 1.29 is 67.5 Å². The number of hydrogen-bond donors (Lipinski definition) is 1. The van der Waals surface area contributed by atoms with Crippen LogP contribution in [0, 0.1) is 34.5 Å². The first-order chi connectivity index (χ1) is 12.3. The third-order valence-corrected chi connectivity index (χ3v) is 7.97. The predicted octanol–water partition coefficient (Wildman–Crippen LogP) is 1.83. The Morgan fingerprint density at radius 1 is 1.33 bits per heavy atom. The standard InChI is InChI=1S/C23H28O3.K.H/c1-14-12-20-17-5-4-15-13-16(24)8-10-22(15,2)19(17)9-11-23(20,3)18(14)6-7-21(25)26;;/h4-5,8,10,13,17-20H,1,6-7,9,11-12H2,2-3H3,(H,25,26);;/q;+1;-1/t17-,18+,19+,20+,22+,23-;;/m1../s1. The van der Waals surface area contributed by atoms with Crippen LogP contribution in [0.4, 0.5) is 0 Å². The first-order valence-corrected chi connectivity index (χ1v) is 9.79.